The van der Waals surface area contributed by atoms with Gasteiger partial charge in [0, 0.05) is 29.5 Å². The summed E-state index contributed by atoms with van der Waals surface area (Å²) in [5.41, 5.74) is 2.62. The molecule has 1 atom stereocenters. The topological polar surface area (TPSA) is 161 Å². The Hall–Kier alpha value is -5.98. The van der Waals surface area contributed by atoms with Crippen molar-refractivity contribution >= 4 is 39.2 Å². The molecule has 0 saturated heterocycles. The van der Waals surface area contributed by atoms with E-state index in [2.05, 4.69) is 20.2 Å². The molecule has 0 fully saturated rings. The maximum Gasteiger partial charge on any atom is 0.326 e. The summed E-state index contributed by atoms with van der Waals surface area (Å²) >= 11 is 6.17. The van der Waals surface area contributed by atoms with Gasteiger partial charge < -0.3 is 19.6 Å². The Bertz CT molecular complexity index is 2260. The van der Waals surface area contributed by atoms with Crippen LogP contribution in [-0.2, 0) is 21.2 Å². The summed E-state index contributed by atoms with van der Waals surface area (Å²) < 4.78 is 40.5. The van der Waals surface area contributed by atoms with Crippen molar-refractivity contribution in [2.75, 3.05) is 4.72 Å². The van der Waals surface area contributed by atoms with Gasteiger partial charge in [0.25, 0.3) is 15.9 Å². The number of benzene rings is 5. The molecule has 6 aromatic rings. The lowest BCUT2D eigenvalue weighted by molar-refractivity contribution is -0.139. The first kappa shape index (κ1) is 33.9. The van der Waals surface area contributed by atoms with Crippen LogP contribution < -0.4 is 14.8 Å². The fourth-order valence-corrected chi connectivity index (χ4v) is 6.34. The molecule has 3 N–H and O–H groups in total. The second-order valence-corrected chi connectivity index (χ2v) is 13.2. The van der Waals surface area contributed by atoms with E-state index >= 15 is 0 Å². The minimum Gasteiger partial charge on any atom is -0.480 e. The molecule has 252 valence electrons. The first-order valence-corrected chi connectivity index (χ1v) is 17.1. The number of ether oxygens (including phenoxy) is 1. The number of nitrogens with zero attached hydrogens (tertiary/aromatic N) is 2. The minimum atomic E-state index is -4.18. The third-order valence-corrected chi connectivity index (χ3v) is 9.19. The van der Waals surface area contributed by atoms with Gasteiger partial charge in [-0.1, -0.05) is 72.3 Å². The zero-order valence-corrected chi connectivity index (χ0v) is 28.0. The molecular weight excluding hydrogens is 680 g/mol. The van der Waals surface area contributed by atoms with Crippen LogP contribution in [0, 0.1) is 6.92 Å². The SMILES string of the molecule is Cc1nnc(-c2ccc(S(=O)(=O)Nc3ccc(Cl)cc3C(=O)N[C@@H](Cc3ccc(-c4ccccc4Oc4ccccc4)cc3)C(=O)O)cc2)o1. The van der Waals surface area contributed by atoms with Crippen molar-refractivity contribution < 1.29 is 32.3 Å². The van der Waals surface area contributed by atoms with Crippen LogP contribution in [0.2, 0.25) is 5.02 Å². The van der Waals surface area contributed by atoms with Crippen molar-refractivity contribution in [2.24, 2.45) is 0 Å². The second-order valence-electron chi connectivity index (χ2n) is 11.1. The van der Waals surface area contributed by atoms with Gasteiger partial charge in [0.1, 0.15) is 17.5 Å². The fourth-order valence-electron chi connectivity index (χ4n) is 5.09. The van der Waals surface area contributed by atoms with Crippen molar-refractivity contribution in [3.63, 3.8) is 0 Å². The zero-order valence-electron chi connectivity index (χ0n) is 26.4. The van der Waals surface area contributed by atoms with E-state index in [4.69, 9.17) is 20.8 Å². The Morgan fingerprint density at radius 1 is 0.860 bits per heavy atom. The highest BCUT2D eigenvalue weighted by atomic mass is 35.5. The maximum atomic E-state index is 13.5. The van der Waals surface area contributed by atoms with Crippen molar-refractivity contribution in [1.82, 2.24) is 15.5 Å². The maximum absolute atomic E-state index is 13.5. The van der Waals surface area contributed by atoms with Gasteiger partial charge in [0.15, 0.2) is 0 Å². The monoisotopic (exact) mass is 708 g/mol. The van der Waals surface area contributed by atoms with Gasteiger partial charge in [-0.05, 0) is 71.8 Å². The number of hydrogen-bond donors (Lipinski definition) is 3. The highest BCUT2D eigenvalue weighted by Crippen LogP contribution is 2.33. The molecule has 13 heteroatoms. The number of sulfonamides is 1. The molecule has 0 spiro atoms. The molecule has 0 bridgehead atoms. The highest BCUT2D eigenvalue weighted by Gasteiger charge is 2.25. The number of hydrogen-bond acceptors (Lipinski definition) is 8. The Balaban J connectivity index is 1.17. The van der Waals surface area contributed by atoms with Gasteiger partial charge in [-0.15, -0.1) is 10.2 Å². The van der Waals surface area contributed by atoms with E-state index in [0.29, 0.717) is 28.5 Å². The summed E-state index contributed by atoms with van der Waals surface area (Å²) in [4.78, 5) is 25.7. The van der Waals surface area contributed by atoms with Crippen LogP contribution in [0.5, 0.6) is 11.5 Å². The number of aromatic nitrogens is 2. The van der Waals surface area contributed by atoms with E-state index < -0.39 is 27.9 Å². The average Bonchev–Trinajstić information content (AvgIpc) is 3.56. The van der Waals surface area contributed by atoms with Gasteiger partial charge >= 0.3 is 5.97 Å². The number of carboxylic acids is 1. The van der Waals surface area contributed by atoms with Gasteiger partial charge in [-0.25, -0.2) is 13.2 Å². The van der Waals surface area contributed by atoms with Crippen molar-refractivity contribution in [2.45, 2.75) is 24.3 Å². The van der Waals surface area contributed by atoms with Gasteiger partial charge in [0.05, 0.1) is 16.1 Å². The summed E-state index contributed by atoms with van der Waals surface area (Å²) in [5, 5.41) is 20.4. The van der Waals surface area contributed by atoms with Crippen molar-refractivity contribution in [3.8, 4) is 34.1 Å². The molecule has 6 rings (SSSR count). The first-order chi connectivity index (χ1) is 24.1. The van der Waals surface area contributed by atoms with Crippen LogP contribution in [0.25, 0.3) is 22.6 Å². The molecule has 1 amide bonds. The molecule has 50 heavy (non-hydrogen) atoms. The molecular formula is C37H29ClN4O7S. The van der Waals surface area contributed by atoms with Gasteiger partial charge in [-0.2, -0.15) is 0 Å². The predicted octanol–water partition coefficient (Wildman–Crippen LogP) is 7.38. The Morgan fingerprint density at radius 2 is 1.54 bits per heavy atom. The zero-order chi connectivity index (χ0) is 35.3. The third-order valence-electron chi connectivity index (χ3n) is 7.57. The van der Waals surface area contributed by atoms with E-state index in [9.17, 15) is 23.1 Å². The van der Waals surface area contributed by atoms with E-state index in [1.807, 2.05) is 66.7 Å². The van der Waals surface area contributed by atoms with Gasteiger partial charge in [-0.3, -0.25) is 9.52 Å². The standard InChI is InChI=1S/C37H29ClN4O7S/c1-23-40-41-36(48-23)26-15-18-29(19-16-26)50(46,47)42-32-20-17-27(38)22-31(32)35(43)39-33(37(44)45)21-24-11-13-25(14-12-24)30-9-5-6-10-34(30)49-28-7-3-2-4-8-28/h2-20,22,33,42H,21H2,1H3,(H,39,43)(H,44,45)/t33-/m0/s1. The van der Waals surface area contributed by atoms with Crippen LogP contribution in [-0.4, -0.2) is 41.6 Å². The largest absolute Gasteiger partial charge is 0.480 e. The lowest BCUT2D eigenvalue weighted by Crippen LogP contribution is -2.42. The molecule has 0 radical (unpaired) electrons. The molecule has 0 aliphatic carbocycles. The number of carbonyl (C=O) groups is 2. The summed E-state index contributed by atoms with van der Waals surface area (Å²) in [6.45, 7) is 1.64. The van der Waals surface area contributed by atoms with E-state index in [1.165, 1.54) is 42.5 Å². The Morgan fingerprint density at radius 3 is 2.22 bits per heavy atom. The number of carbonyl (C=O) groups excluding carboxylic acids is 1. The molecule has 5 aromatic carbocycles. The number of rotatable bonds is 12. The number of anilines is 1. The van der Waals surface area contributed by atoms with E-state index in [1.54, 1.807) is 19.1 Å². The molecule has 11 nitrogen and oxygen atoms in total. The summed E-state index contributed by atoms with van der Waals surface area (Å²) in [5.74, 6) is -0.155. The van der Waals surface area contributed by atoms with Crippen LogP contribution in [0.1, 0.15) is 21.8 Å². The summed E-state index contributed by atoms with van der Waals surface area (Å²) in [6.07, 6.45) is -0.0446. The summed E-state index contributed by atoms with van der Waals surface area (Å²) in [7, 11) is -4.18. The quantitative estimate of drug-likeness (QED) is 0.118. The number of para-hydroxylation sites is 2. The van der Waals surface area contributed by atoms with Crippen LogP contribution >= 0.6 is 11.6 Å². The van der Waals surface area contributed by atoms with Crippen molar-refractivity contribution in [1.29, 1.82) is 0 Å². The molecule has 1 aromatic heterocycles. The number of carboxylic acid groups (broad SMARTS) is 1. The molecule has 1 heterocycles. The fraction of sp³-hybridized carbons (Fsp3) is 0.0811. The van der Waals surface area contributed by atoms with E-state index in [-0.39, 0.29) is 33.5 Å². The molecule has 0 aliphatic rings. The Kier molecular flexibility index (Phi) is 9.93. The predicted molar refractivity (Wildman–Crippen MR) is 188 cm³/mol. The van der Waals surface area contributed by atoms with E-state index in [0.717, 1.165) is 11.1 Å². The lowest BCUT2D eigenvalue weighted by Gasteiger charge is -2.18. The number of amides is 1. The second kappa shape index (κ2) is 14.6. The molecule has 0 aliphatic heterocycles. The number of nitrogens with one attached hydrogen (secondary N) is 2. The average molecular weight is 709 g/mol. The molecule has 0 saturated carbocycles. The number of aryl methyl sites for hydroxylation is 1. The smallest absolute Gasteiger partial charge is 0.326 e. The number of aliphatic carboxylic acids is 1. The third kappa shape index (κ3) is 8.00. The molecule has 0 unspecified atom stereocenters. The van der Waals surface area contributed by atoms with Crippen LogP contribution in [0.4, 0.5) is 5.69 Å². The Labute approximate surface area is 292 Å². The van der Waals surface area contributed by atoms with Crippen molar-refractivity contribution in [3.05, 3.63) is 143 Å². The number of halogens is 1. The highest BCUT2D eigenvalue weighted by molar-refractivity contribution is 7.92. The minimum absolute atomic E-state index is 0.0446. The first-order valence-electron chi connectivity index (χ1n) is 15.2. The normalized spacial score (nSPS) is 11.8. The van der Waals surface area contributed by atoms with Gasteiger partial charge in [0.2, 0.25) is 11.8 Å². The van der Waals surface area contributed by atoms with Crippen LogP contribution in [0.3, 0.4) is 0 Å². The lowest BCUT2D eigenvalue weighted by atomic mass is 9.99. The van der Waals surface area contributed by atoms with Crippen LogP contribution in [0.15, 0.2) is 131 Å². The summed E-state index contributed by atoms with van der Waals surface area (Å²) in [6, 6.07) is 32.6.